The third-order valence-corrected chi connectivity index (χ3v) is 7.23. The number of aromatic nitrogens is 2. The summed E-state index contributed by atoms with van der Waals surface area (Å²) in [6.45, 7) is 1.18. The van der Waals surface area contributed by atoms with E-state index in [-0.39, 0.29) is 34.7 Å². The number of benzene rings is 2. The van der Waals surface area contributed by atoms with Crippen LogP contribution in [-0.4, -0.2) is 45.1 Å². The fourth-order valence-corrected chi connectivity index (χ4v) is 5.10. The summed E-state index contributed by atoms with van der Waals surface area (Å²) in [5, 5.41) is 15.5. The summed E-state index contributed by atoms with van der Waals surface area (Å²) in [4.78, 5) is 32.0. The molecule has 1 saturated heterocycles. The van der Waals surface area contributed by atoms with E-state index in [2.05, 4.69) is 10.1 Å². The zero-order valence-electron chi connectivity index (χ0n) is 19.2. The molecule has 10 heteroatoms. The first-order chi connectivity index (χ1) is 17.4. The van der Waals surface area contributed by atoms with Gasteiger partial charge in [-0.15, -0.1) is 11.3 Å². The van der Waals surface area contributed by atoms with E-state index in [9.17, 15) is 19.1 Å². The van der Waals surface area contributed by atoms with Crippen molar-refractivity contribution in [3.63, 3.8) is 0 Å². The van der Waals surface area contributed by atoms with Gasteiger partial charge in [-0.3, -0.25) is 4.79 Å². The Morgan fingerprint density at radius 1 is 1.14 bits per heavy atom. The first-order valence-corrected chi connectivity index (χ1v) is 12.3. The van der Waals surface area contributed by atoms with Crippen molar-refractivity contribution < 1.29 is 23.6 Å². The molecule has 0 atom stereocenters. The Morgan fingerprint density at radius 3 is 2.61 bits per heavy atom. The van der Waals surface area contributed by atoms with E-state index in [4.69, 9.17) is 10.3 Å². The van der Waals surface area contributed by atoms with Gasteiger partial charge >= 0.3 is 5.97 Å². The minimum absolute atomic E-state index is 0.0180. The highest BCUT2D eigenvalue weighted by molar-refractivity contribution is 7.13. The van der Waals surface area contributed by atoms with Crippen molar-refractivity contribution in [3.05, 3.63) is 82.0 Å². The van der Waals surface area contributed by atoms with Crippen LogP contribution in [0.3, 0.4) is 0 Å². The number of rotatable bonds is 6. The Morgan fingerprint density at radius 2 is 1.92 bits per heavy atom. The van der Waals surface area contributed by atoms with Crippen molar-refractivity contribution in [2.24, 2.45) is 5.73 Å². The second kappa shape index (κ2) is 10.00. The summed E-state index contributed by atoms with van der Waals surface area (Å²) in [7, 11) is 0. The molecule has 0 aliphatic carbocycles. The minimum Gasteiger partial charge on any atom is -0.478 e. The third kappa shape index (κ3) is 4.77. The number of nitrogens with two attached hydrogens (primary N) is 1. The molecule has 5 rings (SSSR count). The predicted octanol–water partition coefficient (Wildman–Crippen LogP) is 4.78. The summed E-state index contributed by atoms with van der Waals surface area (Å²) in [5.41, 5.74) is 7.71. The van der Waals surface area contributed by atoms with Crippen LogP contribution in [0.2, 0.25) is 0 Å². The second-order valence-corrected chi connectivity index (χ2v) is 9.58. The van der Waals surface area contributed by atoms with E-state index in [0.717, 1.165) is 10.4 Å². The van der Waals surface area contributed by atoms with Crippen LogP contribution in [0.4, 0.5) is 4.39 Å². The summed E-state index contributed by atoms with van der Waals surface area (Å²) in [5.74, 6) is -1.23. The molecule has 184 valence electrons. The van der Waals surface area contributed by atoms with Gasteiger partial charge in [0.15, 0.2) is 0 Å². The molecule has 2 aromatic heterocycles. The molecule has 36 heavy (non-hydrogen) atoms. The van der Waals surface area contributed by atoms with E-state index in [1.807, 2.05) is 17.5 Å². The topological polar surface area (TPSA) is 123 Å². The van der Waals surface area contributed by atoms with Gasteiger partial charge in [0.05, 0.1) is 10.4 Å². The van der Waals surface area contributed by atoms with Gasteiger partial charge in [-0.25, -0.2) is 9.18 Å². The number of halogens is 1. The number of likely N-dealkylation sites (tertiary alicyclic amines) is 1. The second-order valence-electron chi connectivity index (χ2n) is 8.63. The van der Waals surface area contributed by atoms with Crippen LogP contribution in [0.5, 0.6) is 0 Å². The van der Waals surface area contributed by atoms with E-state index < -0.39 is 5.97 Å². The maximum Gasteiger partial charge on any atom is 0.335 e. The van der Waals surface area contributed by atoms with Gasteiger partial charge in [-0.2, -0.15) is 4.98 Å². The van der Waals surface area contributed by atoms with Crippen molar-refractivity contribution in [1.29, 1.82) is 0 Å². The summed E-state index contributed by atoms with van der Waals surface area (Å²) in [6.07, 6.45) is 1.19. The zero-order valence-corrected chi connectivity index (χ0v) is 20.0. The summed E-state index contributed by atoms with van der Waals surface area (Å²) >= 11 is 1.45. The van der Waals surface area contributed by atoms with Crippen molar-refractivity contribution >= 4 is 23.2 Å². The zero-order chi connectivity index (χ0) is 25.2. The molecule has 1 amide bonds. The quantitative estimate of drug-likeness (QED) is 0.386. The number of nitrogens with zero attached hydrogens (tertiary/aromatic N) is 3. The number of hydrogen-bond donors (Lipinski definition) is 2. The van der Waals surface area contributed by atoms with Crippen LogP contribution in [0.1, 0.15) is 50.6 Å². The van der Waals surface area contributed by atoms with Crippen molar-refractivity contribution in [1.82, 2.24) is 15.0 Å². The lowest BCUT2D eigenvalue weighted by molar-refractivity contribution is 0.0697. The average molecular weight is 507 g/mol. The molecule has 1 fully saturated rings. The Hall–Kier alpha value is -3.89. The highest BCUT2D eigenvalue weighted by atomic mass is 32.1. The van der Waals surface area contributed by atoms with Crippen molar-refractivity contribution in [2.75, 3.05) is 13.1 Å². The molecule has 0 unspecified atom stereocenters. The first-order valence-electron chi connectivity index (χ1n) is 11.5. The highest BCUT2D eigenvalue weighted by Crippen LogP contribution is 2.32. The maximum absolute atomic E-state index is 14.4. The van der Waals surface area contributed by atoms with Gasteiger partial charge in [0, 0.05) is 30.8 Å². The van der Waals surface area contributed by atoms with Gasteiger partial charge in [0.2, 0.25) is 5.82 Å². The molecular weight excluding hydrogens is 483 g/mol. The number of aromatic carboxylic acids is 1. The van der Waals surface area contributed by atoms with Crippen LogP contribution < -0.4 is 5.73 Å². The van der Waals surface area contributed by atoms with Crippen LogP contribution >= 0.6 is 11.3 Å². The lowest BCUT2D eigenvalue weighted by Crippen LogP contribution is -2.38. The molecule has 0 spiro atoms. The van der Waals surface area contributed by atoms with Crippen LogP contribution in [-0.2, 0) is 6.54 Å². The molecule has 8 nitrogen and oxygen atoms in total. The largest absolute Gasteiger partial charge is 0.478 e. The summed E-state index contributed by atoms with van der Waals surface area (Å²) in [6, 6.07) is 13.0. The number of carbonyl (C=O) groups is 2. The van der Waals surface area contributed by atoms with E-state index >= 15 is 0 Å². The van der Waals surface area contributed by atoms with Gasteiger partial charge in [0.25, 0.3) is 11.8 Å². The molecule has 3 N–H and O–H groups in total. The monoisotopic (exact) mass is 506 g/mol. The SMILES string of the molecule is NCc1ccc(F)c(C2CCN(C(=O)c3cc(C(=O)O)cc(-c4nc(-c5cccs5)no4)c3)CC2)c1. The smallest absolute Gasteiger partial charge is 0.335 e. The van der Waals surface area contributed by atoms with Crippen molar-refractivity contribution in [2.45, 2.75) is 25.3 Å². The van der Waals surface area contributed by atoms with Gasteiger partial charge in [-0.05, 0) is 65.6 Å². The van der Waals surface area contributed by atoms with Crippen LogP contribution in [0, 0.1) is 5.82 Å². The Balaban J connectivity index is 1.37. The lowest BCUT2D eigenvalue weighted by Gasteiger charge is -2.32. The number of thiophene rings is 1. The number of carboxylic acids is 1. The fourth-order valence-electron chi connectivity index (χ4n) is 4.45. The molecule has 3 heterocycles. The number of hydrogen-bond acceptors (Lipinski definition) is 7. The molecule has 4 aromatic rings. The molecule has 0 bridgehead atoms. The Labute approximate surface area is 210 Å². The predicted molar refractivity (Wildman–Crippen MR) is 132 cm³/mol. The van der Waals surface area contributed by atoms with E-state index in [0.29, 0.717) is 49.4 Å². The molecule has 1 aliphatic rings. The molecular formula is C26H23FN4O4S. The molecule has 2 aromatic carbocycles. The number of carboxylic acid groups (broad SMARTS) is 1. The standard InChI is InChI=1S/C26H23FN4O4S/c27-21-4-3-15(14-28)10-20(21)16-5-7-31(8-6-16)25(32)18-11-17(12-19(13-18)26(33)34)24-29-23(30-35-24)22-2-1-9-36-22/h1-4,9-13,16H,5-8,14,28H2,(H,33,34). The number of carbonyl (C=O) groups excluding carboxylic acids is 1. The molecule has 1 aliphatic heterocycles. The van der Waals surface area contributed by atoms with Gasteiger partial charge in [-0.1, -0.05) is 23.4 Å². The van der Waals surface area contributed by atoms with Crippen LogP contribution in [0.25, 0.3) is 22.2 Å². The minimum atomic E-state index is -1.17. The molecule has 0 radical (unpaired) electrons. The Kier molecular flexibility index (Phi) is 6.62. The molecule has 0 saturated carbocycles. The average Bonchev–Trinajstić information content (AvgIpc) is 3.61. The normalized spacial score (nSPS) is 14.2. The number of piperidine rings is 1. The summed E-state index contributed by atoms with van der Waals surface area (Å²) < 4.78 is 19.8. The van der Waals surface area contributed by atoms with Gasteiger partial charge < -0.3 is 20.3 Å². The fraction of sp³-hybridized carbons (Fsp3) is 0.231. The highest BCUT2D eigenvalue weighted by Gasteiger charge is 2.27. The first kappa shape index (κ1) is 23.8. The van der Waals surface area contributed by atoms with Gasteiger partial charge in [0.1, 0.15) is 5.82 Å². The van der Waals surface area contributed by atoms with Crippen molar-refractivity contribution in [3.8, 4) is 22.2 Å². The Bertz CT molecular complexity index is 1410. The number of amides is 1. The third-order valence-electron chi connectivity index (χ3n) is 6.36. The maximum atomic E-state index is 14.4. The van der Waals surface area contributed by atoms with E-state index in [1.54, 1.807) is 23.1 Å². The van der Waals surface area contributed by atoms with E-state index in [1.165, 1.54) is 29.5 Å². The lowest BCUT2D eigenvalue weighted by atomic mass is 9.88. The van der Waals surface area contributed by atoms with Crippen LogP contribution in [0.15, 0.2) is 58.4 Å².